The van der Waals surface area contributed by atoms with Gasteiger partial charge in [-0.15, -0.1) is 0 Å². The molecule has 0 aliphatic rings. The zero-order valence-electron chi connectivity index (χ0n) is 12.8. The minimum absolute atomic E-state index is 0.107. The van der Waals surface area contributed by atoms with Gasteiger partial charge in [-0.3, -0.25) is 14.3 Å². The fraction of sp³-hybridized carbons (Fsp3) is 0.0667. The number of benzene rings is 2. The number of ether oxygens (including phenoxy) is 1. The van der Waals surface area contributed by atoms with Crippen molar-refractivity contribution in [3.63, 3.8) is 0 Å². The molecular formula is C15H12ClN3O5S. The van der Waals surface area contributed by atoms with Gasteiger partial charge >= 0.3 is 11.1 Å². The monoisotopic (exact) mass is 381 g/mol. The summed E-state index contributed by atoms with van der Waals surface area (Å²) in [5.74, 6) is 0.298. The lowest BCUT2D eigenvalue weighted by atomic mass is 10.3. The predicted molar refractivity (Wildman–Crippen MR) is 94.0 cm³/mol. The molecule has 0 saturated carbocycles. The van der Waals surface area contributed by atoms with Crippen molar-refractivity contribution in [3.05, 3.63) is 62.1 Å². The zero-order chi connectivity index (χ0) is 18.2. The Bertz CT molecular complexity index is 1180. The lowest BCUT2D eigenvalue weighted by Crippen LogP contribution is -2.29. The molecule has 0 radical (unpaired) electrons. The van der Waals surface area contributed by atoms with Gasteiger partial charge in [0.1, 0.15) is 5.75 Å². The van der Waals surface area contributed by atoms with Crippen LogP contribution in [0.1, 0.15) is 0 Å². The molecule has 10 heteroatoms. The summed E-state index contributed by atoms with van der Waals surface area (Å²) in [5.41, 5.74) is -1.02. The molecule has 3 aromatic rings. The van der Waals surface area contributed by atoms with E-state index in [0.29, 0.717) is 16.3 Å². The molecule has 1 aromatic heterocycles. The highest BCUT2D eigenvalue weighted by Crippen LogP contribution is 2.30. The fourth-order valence-corrected chi connectivity index (χ4v) is 3.48. The van der Waals surface area contributed by atoms with Crippen LogP contribution in [0, 0.1) is 0 Å². The number of fused-ring (bicyclic) bond motifs is 1. The number of halogens is 1. The number of nitrogens with one attached hydrogen (secondary N) is 3. The van der Waals surface area contributed by atoms with Crippen LogP contribution in [-0.4, -0.2) is 25.5 Å². The topological polar surface area (TPSA) is 121 Å². The first kappa shape index (κ1) is 17.1. The molecule has 0 atom stereocenters. The quantitative estimate of drug-likeness (QED) is 0.593. The van der Waals surface area contributed by atoms with Crippen molar-refractivity contribution >= 4 is 38.3 Å². The Hall–Kier alpha value is -2.78. The van der Waals surface area contributed by atoms with Crippen molar-refractivity contribution in [2.45, 2.75) is 4.90 Å². The second-order valence-electron chi connectivity index (χ2n) is 5.07. The standard InChI is InChI=1S/C15H12ClN3O5S/c1-24-13-5-2-8(16)6-12(13)19-25(22,23)9-3-4-10-11(7-9)18-15(21)14(20)17-10/h2-7,19H,1H3,(H,17,20)(H,18,21). The maximum absolute atomic E-state index is 12.6. The summed E-state index contributed by atoms with van der Waals surface area (Å²) in [6.07, 6.45) is 0. The second kappa shape index (κ2) is 6.26. The van der Waals surface area contributed by atoms with Gasteiger partial charge in [-0.25, -0.2) is 8.42 Å². The molecule has 0 aliphatic carbocycles. The fourth-order valence-electron chi connectivity index (χ4n) is 2.22. The van der Waals surface area contributed by atoms with E-state index in [0.717, 1.165) is 0 Å². The van der Waals surface area contributed by atoms with Gasteiger partial charge < -0.3 is 14.7 Å². The highest BCUT2D eigenvalue weighted by atomic mass is 35.5. The molecule has 8 nitrogen and oxygen atoms in total. The molecule has 2 aromatic carbocycles. The van der Waals surface area contributed by atoms with E-state index in [1.165, 1.54) is 37.4 Å². The van der Waals surface area contributed by atoms with Gasteiger partial charge in [0.25, 0.3) is 10.0 Å². The number of anilines is 1. The van der Waals surface area contributed by atoms with Gasteiger partial charge in [-0.05, 0) is 36.4 Å². The van der Waals surface area contributed by atoms with Gasteiger partial charge in [0.05, 0.1) is 28.7 Å². The Morgan fingerprint density at radius 3 is 2.36 bits per heavy atom. The van der Waals surface area contributed by atoms with Gasteiger partial charge in [0, 0.05) is 5.02 Å². The van der Waals surface area contributed by atoms with Crippen molar-refractivity contribution in [1.82, 2.24) is 9.97 Å². The smallest absolute Gasteiger partial charge is 0.314 e. The summed E-state index contributed by atoms with van der Waals surface area (Å²) in [5, 5.41) is 0.332. The van der Waals surface area contributed by atoms with Gasteiger partial charge in [0.15, 0.2) is 0 Å². The summed E-state index contributed by atoms with van der Waals surface area (Å²) >= 11 is 5.90. The van der Waals surface area contributed by atoms with E-state index in [2.05, 4.69) is 14.7 Å². The second-order valence-corrected chi connectivity index (χ2v) is 7.18. The number of aromatic nitrogens is 2. The minimum atomic E-state index is -3.98. The molecule has 1 heterocycles. The third-order valence-electron chi connectivity index (χ3n) is 3.41. The van der Waals surface area contributed by atoms with E-state index < -0.39 is 21.1 Å². The molecule has 0 amide bonds. The highest BCUT2D eigenvalue weighted by molar-refractivity contribution is 7.92. The molecule has 0 bridgehead atoms. The molecule has 25 heavy (non-hydrogen) atoms. The van der Waals surface area contributed by atoms with Crippen molar-refractivity contribution in [3.8, 4) is 5.75 Å². The van der Waals surface area contributed by atoms with E-state index in [1.807, 2.05) is 0 Å². The number of rotatable bonds is 4. The molecular weight excluding hydrogens is 370 g/mol. The molecule has 3 rings (SSSR count). The predicted octanol–water partition coefficient (Wildman–Crippen LogP) is 1.68. The van der Waals surface area contributed by atoms with E-state index in [-0.39, 0.29) is 16.1 Å². The Balaban J connectivity index is 2.07. The van der Waals surface area contributed by atoms with Crippen LogP contribution in [0.2, 0.25) is 5.02 Å². The SMILES string of the molecule is COc1ccc(Cl)cc1NS(=O)(=O)c1ccc2[nH]c(=O)c(=O)[nH]c2c1. The lowest BCUT2D eigenvalue weighted by Gasteiger charge is -2.12. The number of hydrogen-bond acceptors (Lipinski definition) is 5. The molecule has 3 N–H and O–H groups in total. The van der Waals surface area contributed by atoms with Crippen molar-refractivity contribution < 1.29 is 13.2 Å². The Labute approximate surface area is 146 Å². The number of sulfonamides is 1. The summed E-state index contributed by atoms with van der Waals surface area (Å²) < 4.78 is 32.7. The Morgan fingerprint density at radius 2 is 1.68 bits per heavy atom. The summed E-state index contributed by atoms with van der Waals surface area (Å²) in [4.78, 5) is 27.3. The summed E-state index contributed by atoms with van der Waals surface area (Å²) in [7, 11) is -2.58. The zero-order valence-corrected chi connectivity index (χ0v) is 14.4. The van der Waals surface area contributed by atoms with Crippen LogP contribution in [0.4, 0.5) is 5.69 Å². The summed E-state index contributed by atoms with van der Waals surface area (Å²) in [6.45, 7) is 0. The van der Waals surface area contributed by atoms with Crippen LogP contribution < -0.4 is 20.6 Å². The molecule has 0 fully saturated rings. The molecule has 130 valence electrons. The molecule has 0 aliphatic heterocycles. The first-order valence-electron chi connectivity index (χ1n) is 6.93. The van der Waals surface area contributed by atoms with Crippen LogP contribution in [0.15, 0.2) is 50.9 Å². The van der Waals surface area contributed by atoms with Crippen LogP contribution >= 0.6 is 11.6 Å². The summed E-state index contributed by atoms with van der Waals surface area (Å²) in [6, 6.07) is 8.44. The van der Waals surface area contributed by atoms with E-state index in [4.69, 9.17) is 16.3 Å². The minimum Gasteiger partial charge on any atom is -0.495 e. The van der Waals surface area contributed by atoms with Crippen LogP contribution in [0.25, 0.3) is 11.0 Å². The normalized spacial score (nSPS) is 11.4. The third-order valence-corrected chi connectivity index (χ3v) is 5.01. The van der Waals surface area contributed by atoms with Crippen LogP contribution in [-0.2, 0) is 10.0 Å². The van der Waals surface area contributed by atoms with Gasteiger partial charge in [-0.1, -0.05) is 11.6 Å². The van der Waals surface area contributed by atoms with Gasteiger partial charge in [-0.2, -0.15) is 0 Å². The van der Waals surface area contributed by atoms with Gasteiger partial charge in [0.2, 0.25) is 0 Å². The average Bonchev–Trinajstić information content (AvgIpc) is 2.55. The number of H-pyrrole nitrogens is 2. The third kappa shape index (κ3) is 3.37. The van der Waals surface area contributed by atoms with E-state index in [1.54, 1.807) is 6.07 Å². The van der Waals surface area contributed by atoms with E-state index >= 15 is 0 Å². The molecule has 0 spiro atoms. The molecule has 0 unspecified atom stereocenters. The largest absolute Gasteiger partial charge is 0.495 e. The van der Waals surface area contributed by atoms with Crippen LogP contribution in [0.5, 0.6) is 5.75 Å². The maximum atomic E-state index is 12.6. The first-order valence-corrected chi connectivity index (χ1v) is 8.79. The van der Waals surface area contributed by atoms with Crippen molar-refractivity contribution in [2.75, 3.05) is 11.8 Å². The molecule has 0 saturated heterocycles. The van der Waals surface area contributed by atoms with E-state index in [9.17, 15) is 18.0 Å². The van der Waals surface area contributed by atoms with Crippen LogP contribution in [0.3, 0.4) is 0 Å². The lowest BCUT2D eigenvalue weighted by molar-refractivity contribution is 0.417. The maximum Gasteiger partial charge on any atom is 0.314 e. The number of methoxy groups -OCH3 is 1. The number of aromatic amines is 2. The highest BCUT2D eigenvalue weighted by Gasteiger charge is 2.18. The average molecular weight is 382 g/mol. The number of hydrogen-bond donors (Lipinski definition) is 3. The Kier molecular flexibility index (Phi) is 4.27. The van der Waals surface area contributed by atoms with Crippen molar-refractivity contribution in [1.29, 1.82) is 0 Å². The first-order chi connectivity index (χ1) is 11.8. The van der Waals surface area contributed by atoms with Crippen molar-refractivity contribution in [2.24, 2.45) is 0 Å². The Morgan fingerprint density at radius 1 is 1.00 bits per heavy atom.